The van der Waals surface area contributed by atoms with E-state index in [1.165, 1.54) is 12.0 Å². The summed E-state index contributed by atoms with van der Waals surface area (Å²) < 4.78 is 5.41. The van der Waals surface area contributed by atoms with Crippen LogP contribution in [-0.4, -0.2) is 24.2 Å². The summed E-state index contributed by atoms with van der Waals surface area (Å²) in [7, 11) is 0. The van der Waals surface area contributed by atoms with Gasteiger partial charge >= 0.3 is 0 Å². The Morgan fingerprint density at radius 1 is 1.57 bits per heavy atom. The molecule has 3 nitrogen and oxygen atoms in total. The van der Waals surface area contributed by atoms with Crippen LogP contribution in [0.15, 0.2) is 18.5 Å². The molecule has 76 valence electrons. The number of hydrogen-bond donors (Lipinski definition) is 1. The third kappa shape index (κ3) is 2.23. The molecule has 0 radical (unpaired) electrons. The average Bonchev–Trinajstić information content (AvgIpc) is 2.23. The van der Waals surface area contributed by atoms with E-state index in [2.05, 4.69) is 17.2 Å². The number of hydrogen-bond acceptors (Lipinski definition) is 3. The molecule has 1 aromatic heterocycles. The molecule has 1 saturated heterocycles. The van der Waals surface area contributed by atoms with E-state index >= 15 is 0 Å². The first-order chi connectivity index (χ1) is 6.86. The summed E-state index contributed by atoms with van der Waals surface area (Å²) in [6.07, 6.45) is 6.03. The van der Waals surface area contributed by atoms with Gasteiger partial charge in [0.05, 0.1) is 18.5 Å². The van der Waals surface area contributed by atoms with E-state index in [-0.39, 0.29) is 0 Å². The van der Waals surface area contributed by atoms with E-state index in [9.17, 15) is 0 Å². The molecule has 1 fully saturated rings. The van der Waals surface area contributed by atoms with Gasteiger partial charge in [-0.05, 0) is 31.4 Å². The van der Waals surface area contributed by atoms with Crippen LogP contribution < -0.4 is 5.32 Å². The van der Waals surface area contributed by atoms with E-state index in [1.54, 1.807) is 0 Å². The molecular weight excluding hydrogens is 176 g/mol. The van der Waals surface area contributed by atoms with Crippen LogP contribution in [-0.2, 0) is 4.74 Å². The largest absolute Gasteiger partial charge is 0.379 e. The molecule has 1 N–H and O–H groups in total. The zero-order chi connectivity index (χ0) is 9.80. The molecule has 1 aromatic rings. The predicted octanol–water partition coefficient (Wildman–Crippen LogP) is 1.98. The monoisotopic (exact) mass is 192 g/mol. The number of nitrogens with zero attached hydrogens (tertiary/aromatic N) is 1. The number of pyridine rings is 1. The highest BCUT2D eigenvalue weighted by atomic mass is 16.5. The molecule has 0 bridgehead atoms. The zero-order valence-corrected chi connectivity index (χ0v) is 8.49. The Labute approximate surface area is 84.5 Å². The van der Waals surface area contributed by atoms with Crippen molar-refractivity contribution in [1.29, 1.82) is 0 Å². The molecule has 0 saturated carbocycles. The van der Waals surface area contributed by atoms with Crippen molar-refractivity contribution < 1.29 is 4.74 Å². The van der Waals surface area contributed by atoms with Gasteiger partial charge in [-0.15, -0.1) is 0 Å². The van der Waals surface area contributed by atoms with Crippen molar-refractivity contribution >= 4 is 5.69 Å². The number of ether oxygens (including phenoxy) is 1. The Kier molecular flexibility index (Phi) is 2.99. The van der Waals surface area contributed by atoms with Gasteiger partial charge in [0.15, 0.2) is 0 Å². The quantitative estimate of drug-likeness (QED) is 0.778. The van der Waals surface area contributed by atoms with E-state index in [0.717, 1.165) is 25.3 Å². The van der Waals surface area contributed by atoms with Crippen molar-refractivity contribution in [3.05, 3.63) is 24.0 Å². The third-order valence-electron chi connectivity index (χ3n) is 2.56. The highest BCUT2D eigenvalue weighted by Crippen LogP contribution is 2.16. The molecule has 0 aliphatic carbocycles. The summed E-state index contributed by atoms with van der Waals surface area (Å²) in [6, 6.07) is 2.47. The molecule has 3 heteroatoms. The van der Waals surface area contributed by atoms with Crippen LogP contribution >= 0.6 is 0 Å². The van der Waals surface area contributed by atoms with Crippen molar-refractivity contribution in [2.24, 2.45) is 0 Å². The topological polar surface area (TPSA) is 34.2 Å². The fourth-order valence-electron chi connectivity index (χ4n) is 1.69. The number of nitrogens with one attached hydrogen (secondary N) is 1. The second-order valence-corrected chi connectivity index (χ2v) is 3.75. The minimum Gasteiger partial charge on any atom is -0.379 e. The van der Waals surface area contributed by atoms with Crippen molar-refractivity contribution in [2.45, 2.75) is 25.8 Å². The lowest BCUT2D eigenvalue weighted by molar-refractivity contribution is 0.0876. The molecule has 2 rings (SSSR count). The smallest absolute Gasteiger partial charge is 0.0667 e. The van der Waals surface area contributed by atoms with Gasteiger partial charge < -0.3 is 10.1 Å². The van der Waals surface area contributed by atoms with Gasteiger partial charge in [0.2, 0.25) is 0 Å². The van der Waals surface area contributed by atoms with Crippen LogP contribution in [0.5, 0.6) is 0 Å². The van der Waals surface area contributed by atoms with E-state index in [1.807, 2.05) is 18.5 Å². The molecule has 1 aliphatic heterocycles. The van der Waals surface area contributed by atoms with Crippen molar-refractivity contribution in [3.8, 4) is 0 Å². The van der Waals surface area contributed by atoms with Gasteiger partial charge in [-0.25, -0.2) is 0 Å². The second-order valence-electron chi connectivity index (χ2n) is 3.75. The molecule has 1 unspecified atom stereocenters. The lowest BCUT2D eigenvalue weighted by Crippen LogP contribution is -2.30. The van der Waals surface area contributed by atoms with Crippen molar-refractivity contribution in [3.63, 3.8) is 0 Å². The Morgan fingerprint density at radius 3 is 3.21 bits per heavy atom. The first-order valence-electron chi connectivity index (χ1n) is 5.11. The molecule has 2 heterocycles. The first kappa shape index (κ1) is 9.46. The van der Waals surface area contributed by atoms with Gasteiger partial charge in [-0.2, -0.15) is 0 Å². The second kappa shape index (κ2) is 4.42. The van der Waals surface area contributed by atoms with E-state index in [0.29, 0.717) is 6.04 Å². The lowest BCUT2D eigenvalue weighted by atomic mass is 10.1. The highest BCUT2D eigenvalue weighted by Gasteiger charge is 2.13. The standard InChI is InChI=1S/C11H16N2O/c1-9-4-5-12-7-11(9)13-10-3-2-6-14-8-10/h4-5,7,10,13H,2-3,6,8H2,1H3. The number of aryl methyl sites for hydroxylation is 1. The lowest BCUT2D eigenvalue weighted by Gasteiger charge is -2.24. The van der Waals surface area contributed by atoms with Gasteiger partial charge in [0, 0.05) is 18.8 Å². The Balaban J connectivity index is 1.99. The summed E-state index contributed by atoms with van der Waals surface area (Å²) in [4.78, 5) is 4.11. The maximum atomic E-state index is 5.41. The Morgan fingerprint density at radius 2 is 2.50 bits per heavy atom. The number of anilines is 1. The molecule has 0 aromatic carbocycles. The molecule has 0 amide bonds. The van der Waals surface area contributed by atoms with Gasteiger partial charge in [0.25, 0.3) is 0 Å². The van der Waals surface area contributed by atoms with Crippen LogP contribution in [0.25, 0.3) is 0 Å². The zero-order valence-electron chi connectivity index (χ0n) is 8.49. The summed E-state index contributed by atoms with van der Waals surface area (Å²) in [5, 5.41) is 3.46. The van der Waals surface area contributed by atoms with Crippen LogP contribution in [0.3, 0.4) is 0 Å². The maximum Gasteiger partial charge on any atom is 0.0667 e. The van der Waals surface area contributed by atoms with Crippen LogP contribution in [0.1, 0.15) is 18.4 Å². The molecule has 0 spiro atoms. The Bertz CT molecular complexity index is 295. The maximum absolute atomic E-state index is 5.41. The van der Waals surface area contributed by atoms with Crippen LogP contribution in [0, 0.1) is 6.92 Å². The van der Waals surface area contributed by atoms with Crippen LogP contribution in [0.4, 0.5) is 5.69 Å². The van der Waals surface area contributed by atoms with Gasteiger partial charge in [0.1, 0.15) is 0 Å². The fraction of sp³-hybridized carbons (Fsp3) is 0.545. The molecule has 1 aliphatic rings. The summed E-state index contributed by atoms with van der Waals surface area (Å²) in [5.41, 5.74) is 2.37. The highest BCUT2D eigenvalue weighted by molar-refractivity contribution is 5.48. The molecule has 1 atom stereocenters. The molecular formula is C11H16N2O. The Hall–Kier alpha value is -1.09. The number of rotatable bonds is 2. The third-order valence-corrected chi connectivity index (χ3v) is 2.56. The fourth-order valence-corrected chi connectivity index (χ4v) is 1.69. The minimum absolute atomic E-state index is 0.451. The minimum atomic E-state index is 0.451. The molecule has 14 heavy (non-hydrogen) atoms. The number of aromatic nitrogens is 1. The average molecular weight is 192 g/mol. The van der Waals surface area contributed by atoms with Crippen LogP contribution in [0.2, 0.25) is 0 Å². The first-order valence-corrected chi connectivity index (χ1v) is 5.11. The van der Waals surface area contributed by atoms with Gasteiger partial charge in [-0.3, -0.25) is 4.98 Å². The van der Waals surface area contributed by atoms with Crippen molar-refractivity contribution in [2.75, 3.05) is 18.5 Å². The van der Waals surface area contributed by atoms with E-state index < -0.39 is 0 Å². The summed E-state index contributed by atoms with van der Waals surface area (Å²) in [5.74, 6) is 0. The normalized spacial score (nSPS) is 21.9. The van der Waals surface area contributed by atoms with Gasteiger partial charge in [-0.1, -0.05) is 0 Å². The SMILES string of the molecule is Cc1ccncc1NC1CCCOC1. The summed E-state index contributed by atoms with van der Waals surface area (Å²) >= 11 is 0. The van der Waals surface area contributed by atoms with Crippen molar-refractivity contribution in [1.82, 2.24) is 4.98 Å². The van der Waals surface area contributed by atoms with E-state index in [4.69, 9.17) is 4.74 Å². The predicted molar refractivity (Wildman–Crippen MR) is 56.4 cm³/mol. The summed E-state index contributed by atoms with van der Waals surface area (Å²) in [6.45, 7) is 3.81.